The van der Waals surface area contributed by atoms with Crippen molar-refractivity contribution in [3.63, 3.8) is 0 Å². The zero-order valence-electron chi connectivity index (χ0n) is 26.3. The zero-order valence-corrected chi connectivity index (χ0v) is 27.1. The maximum Gasteiger partial charge on any atom is 0.266 e. The van der Waals surface area contributed by atoms with Gasteiger partial charge in [-0.1, -0.05) is 98.7 Å². The number of aliphatic hydroxyl groups excluding tert-OH is 1. The van der Waals surface area contributed by atoms with E-state index in [9.17, 15) is 17.9 Å². The summed E-state index contributed by atoms with van der Waals surface area (Å²) < 4.78 is 51.5. The molecule has 0 radical (unpaired) electrons. The first-order valence-electron chi connectivity index (χ1n) is 15.1. The summed E-state index contributed by atoms with van der Waals surface area (Å²) in [6.45, 7) is 6.38. The van der Waals surface area contributed by atoms with Crippen LogP contribution in [0.25, 0.3) is 22.5 Å². The number of nitrogens with zero attached hydrogens (tertiary/aromatic N) is 2. The highest BCUT2D eigenvalue weighted by Crippen LogP contribution is 2.34. The van der Waals surface area contributed by atoms with Gasteiger partial charge in [0.25, 0.3) is 10.1 Å². The molecule has 0 saturated heterocycles. The maximum atomic E-state index is 14.8. The molecule has 0 fully saturated rings. The molecule has 5 rings (SSSR count). The minimum Gasteiger partial charge on any atom is -0.374 e. The lowest BCUT2D eigenvalue weighted by Gasteiger charge is -2.21. The molecule has 242 valence electrons. The average Bonchev–Trinajstić information content (AvgIpc) is 3.53. The van der Waals surface area contributed by atoms with Gasteiger partial charge in [-0.2, -0.15) is 13.7 Å². The van der Waals surface area contributed by atoms with E-state index in [1.807, 2.05) is 42.5 Å². The largest absolute Gasteiger partial charge is 0.374 e. The number of benzene rings is 4. The van der Waals surface area contributed by atoms with E-state index in [4.69, 9.17) is 14.3 Å². The van der Waals surface area contributed by atoms with Crippen molar-refractivity contribution >= 4 is 10.1 Å². The molecule has 0 aliphatic rings. The van der Waals surface area contributed by atoms with E-state index in [1.54, 1.807) is 30.3 Å². The van der Waals surface area contributed by atoms with Gasteiger partial charge in [-0.3, -0.25) is 9.87 Å². The summed E-state index contributed by atoms with van der Waals surface area (Å²) in [5, 5.41) is 26.7. The number of halogens is 1. The summed E-state index contributed by atoms with van der Waals surface area (Å²) in [6, 6.07) is 31.3. The van der Waals surface area contributed by atoms with Gasteiger partial charge in [-0.05, 0) is 57.9 Å². The van der Waals surface area contributed by atoms with Crippen molar-refractivity contribution in [3.8, 4) is 28.5 Å². The Kier molecular flexibility index (Phi) is 10.0. The second-order valence-electron chi connectivity index (χ2n) is 12.5. The molecule has 0 aliphatic carbocycles. The van der Waals surface area contributed by atoms with Crippen LogP contribution in [-0.4, -0.2) is 35.5 Å². The number of hydrogen-bond acceptors (Lipinski definition) is 7. The predicted octanol–water partition coefficient (Wildman–Crippen LogP) is 7.16. The third-order valence-corrected chi connectivity index (χ3v) is 8.77. The average molecular weight is 654 g/mol. The Bertz CT molecular complexity index is 1990. The van der Waals surface area contributed by atoms with Crippen LogP contribution < -0.4 is 5.32 Å². The molecule has 0 bridgehead atoms. The van der Waals surface area contributed by atoms with Crippen LogP contribution in [0.15, 0.2) is 102 Å². The van der Waals surface area contributed by atoms with Crippen LogP contribution in [0.5, 0.6) is 0 Å². The van der Waals surface area contributed by atoms with E-state index < -0.39 is 27.9 Å². The molecule has 10 heteroatoms. The molecule has 0 saturated carbocycles. The molecule has 5 aromatic rings. The summed E-state index contributed by atoms with van der Waals surface area (Å²) in [4.78, 5) is 0. The normalized spacial score (nSPS) is 13.2. The fraction of sp³-hybridized carbons (Fsp3) is 0.243. The third-order valence-electron chi connectivity index (χ3n) is 8.05. The summed E-state index contributed by atoms with van der Waals surface area (Å²) in [5.74, 6) is -0.634. The van der Waals surface area contributed by atoms with Gasteiger partial charge in [-0.15, -0.1) is 0 Å². The molecule has 47 heavy (non-hydrogen) atoms. The van der Waals surface area contributed by atoms with Gasteiger partial charge in [0.15, 0.2) is 5.76 Å². The number of nitrogens with one attached hydrogen (secondary N) is 1. The first-order chi connectivity index (χ1) is 22.3. The standard InChI is InChI=1S/C37H36FN3O5S/c1-37(2,3)30-14-12-26(13-15-30)32(19-24-7-10-27(11-8-24)36(42)40-17-18-47(43,44)45)34-22-35(46-41-34)29-6-4-5-28(21-29)31-16-9-25(23-39)20-33(31)38/h4-16,20-22,32,36,40,42H,17-19H2,1-3H3,(H,43,44,45). The minimum atomic E-state index is -4.13. The molecular formula is C37H36FN3O5S. The Hall–Kier alpha value is -4.66. The molecule has 3 N–H and O–H groups in total. The fourth-order valence-corrected chi connectivity index (χ4v) is 5.75. The van der Waals surface area contributed by atoms with Crippen molar-refractivity contribution in [3.05, 3.63) is 136 Å². The topological polar surface area (TPSA) is 136 Å². The lowest BCUT2D eigenvalue weighted by Crippen LogP contribution is -2.26. The SMILES string of the molecule is CC(C)(C)c1ccc(C(Cc2ccc(C(O)NCCS(=O)(=O)O)cc2)c2cc(-c3cccc(-c4ccc(C#N)cc4F)c3)on2)cc1. The summed E-state index contributed by atoms with van der Waals surface area (Å²) in [6.07, 6.45) is -0.526. The molecule has 1 aromatic heterocycles. The Morgan fingerprint density at radius 2 is 1.62 bits per heavy atom. The van der Waals surface area contributed by atoms with E-state index in [0.29, 0.717) is 28.9 Å². The molecule has 8 nitrogen and oxygen atoms in total. The van der Waals surface area contributed by atoms with Crippen molar-refractivity contribution in [1.29, 1.82) is 5.26 Å². The predicted molar refractivity (Wildman–Crippen MR) is 179 cm³/mol. The van der Waals surface area contributed by atoms with Crippen molar-refractivity contribution in [2.24, 2.45) is 0 Å². The van der Waals surface area contributed by atoms with Gasteiger partial charge < -0.3 is 9.63 Å². The van der Waals surface area contributed by atoms with Crippen molar-refractivity contribution in [2.75, 3.05) is 12.3 Å². The van der Waals surface area contributed by atoms with Crippen molar-refractivity contribution < 1.29 is 27.0 Å². The Morgan fingerprint density at radius 3 is 2.26 bits per heavy atom. The van der Waals surface area contributed by atoms with Crippen LogP contribution in [0.4, 0.5) is 4.39 Å². The number of hydrogen-bond donors (Lipinski definition) is 3. The summed E-state index contributed by atoms with van der Waals surface area (Å²) in [7, 11) is -4.13. The number of nitriles is 1. The highest BCUT2D eigenvalue weighted by Gasteiger charge is 2.22. The number of rotatable bonds is 11. The second-order valence-corrected chi connectivity index (χ2v) is 14.1. The van der Waals surface area contributed by atoms with Gasteiger partial charge in [0.05, 0.1) is 23.1 Å². The Morgan fingerprint density at radius 1 is 0.936 bits per heavy atom. The van der Waals surface area contributed by atoms with Crippen LogP contribution in [0.3, 0.4) is 0 Å². The van der Waals surface area contributed by atoms with Gasteiger partial charge in [-0.25, -0.2) is 4.39 Å². The summed E-state index contributed by atoms with van der Waals surface area (Å²) in [5.41, 5.74) is 6.48. The van der Waals surface area contributed by atoms with Crippen LogP contribution in [0.1, 0.15) is 66.4 Å². The Labute approximate surface area is 274 Å². The Balaban J connectivity index is 1.42. The van der Waals surface area contributed by atoms with E-state index in [0.717, 1.165) is 22.4 Å². The lowest BCUT2D eigenvalue weighted by atomic mass is 9.83. The lowest BCUT2D eigenvalue weighted by molar-refractivity contribution is 0.142. The van der Waals surface area contributed by atoms with Gasteiger partial charge in [0, 0.05) is 29.7 Å². The molecule has 0 amide bonds. The highest BCUT2D eigenvalue weighted by atomic mass is 32.2. The second kappa shape index (κ2) is 14.0. The third kappa shape index (κ3) is 8.58. The molecule has 1 heterocycles. The van der Waals surface area contributed by atoms with E-state index in [2.05, 4.69) is 55.5 Å². The molecule has 2 atom stereocenters. The van der Waals surface area contributed by atoms with Gasteiger partial charge in [0.2, 0.25) is 0 Å². The van der Waals surface area contributed by atoms with Crippen LogP contribution in [0.2, 0.25) is 0 Å². The van der Waals surface area contributed by atoms with Crippen LogP contribution >= 0.6 is 0 Å². The first kappa shape index (κ1) is 33.7. The minimum absolute atomic E-state index is 0.0133. The van der Waals surface area contributed by atoms with Gasteiger partial charge >= 0.3 is 0 Å². The molecule has 2 unspecified atom stereocenters. The van der Waals surface area contributed by atoms with Crippen LogP contribution in [-0.2, 0) is 22.0 Å². The maximum absolute atomic E-state index is 14.8. The van der Waals surface area contributed by atoms with Crippen LogP contribution in [0, 0.1) is 17.1 Å². The van der Waals surface area contributed by atoms with E-state index in [1.165, 1.54) is 11.6 Å². The molecule has 0 spiro atoms. The monoisotopic (exact) mass is 653 g/mol. The molecular weight excluding hydrogens is 617 g/mol. The molecule has 4 aromatic carbocycles. The summed E-state index contributed by atoms with van der Waals surface area (Å²) >= 11 is 0. The first-order valence-corrected chi connectivity index (χ1v) is 16.7. The van der Waals surface area contributed by atoms with E-state index >= 15 is 0 Å². The highest BCUT2D eigenvalue weighted by molar-refractivity contribution is 7.85. The smallest absolute Gasteiger partial charge is 0.266 e. The van der Waals surface area contributed by atoms with Crippen molar-refractivity contribution in [1.82, 2.24) is 10.5 Å². The fourth-order valence-electron chi connectivity index (χ4n) is 5.37. The zero-order chi connectivity index (χ0) is 33.8. The quantitative estimate of drug-likeness (QED) is 0.101. The number of aromatic nitrogens is 1. The van der Waals surface area contributed by atoms with E-state index in [-0.39, 0.29) is 23.4 Å². The number of aliphatic hydroxyl groups is 1. The van der Waals surface area contributed by atoms with Crippen molar-refractivity contribution in [2.45, 2.75) is 44.8 Å². The van der Waals surface area contributed by atoms with Gasteiger partial charge in [0.1, 0.15) is 12.0 Å². The molecule has 0 aliphatic heterocycles.